The van der Waals surface area contributed by atoms with E-state index in [2.05, 4.69) is 17.1 Å². The lowest BCUT2D eigenvalue weighted by atomic mass is 10.1. The van der Waals surface area contributed by atoms with E-state index >= 15 is 0 Å². The van der Waals surface area contributed by atoms with Crippen LogP contribution in [0.15, 0.2) is 53.4 Å². The molecule has 0 spiro atoms. The monoisotopic (exact) mass is 475 g/mol. The van der Waals surface area contributed by atoms with Crippen molar-refractivity contribution in [3.05, 3.63) is 59.7 Å². The molecule has 33 heavy (non-hydrogen) atoms. The summed E-state index contributed by atoms with van der Waals surface area (Å²) in [7, 11) is -1.88. The quantitative estimate of drug-likeness (QED) is 0.568. The Labute approximate surface area is 196 Å². The van der Waals surface area contributed by atoms with Crippen LogP contribution in [0.25, 0.3) is 0 Å². The second-order valence-corrected chi connectivity index (χ2v) is 9.89. The Morgan fingerprint density at radius 3 is 2.52 bits per heavy atom. The summed E-state index contributed by atoms with van der Waals surface area (Å²) in [5.74, 6) is 0.704. The molecule has 1 unspecified atom stereocenters. The van der Waals surface area contributed by atoms with Crippen molar-refractivity contribution < 1.29 is 22.7 Å². The third kappa shape index (κ3) is 6.54. The lowest BCUT2D eigenvalue weighted by Gasteiger charge is -2.27. The van der Waals surface area contributed by atoms with Gasteiger partial charge in [0.1, 0.15) is 5.75 Å². The summed E-state index contributed by atoms with van der Waals surface area (Å²) >= 11 is 0. The number of hydrogen-bond acceptors (Lipinski definition) is 6. The van der Waals surface area contributed by atoms with Crippen LogP contribution in [0.3, 0.4) is 0 Å². The molecule has 180 valence electrons. The van der Waals surface area contributed by atoms with Crippen molar-refractivity contribution >= 4 is 15.9 Å². The summed E-state index contributed by atoms with van der Waals surface area (Å²) in [6, 6.07) is 14.6. The molecule has 0 radical (unpaired) electrons. The highest BCUT2D eigenvalue weighted by Gasteiger charge is 2.26. The molecule has 3 rings (SSSR count). The number of sulfonamides is 1. The minimum atomic E-state index is -3.52. The van der Waals surface area contributed by atoms with E-state index in [1.807, 2.05) is 31.2 Å². The molecular formula is C24H33N3O5S. The third-order valence-corrected chi connectivity index (χ3v) is 7.81. The number of ether oxygens (including phenoxy) is 2. The number of nitrogens with one attached hydrogen (secondary N) is 1. The van der Waals surface area contributed by atoms with Crippen LogP contribution in [-0.2, 0) is 26.1 Å². The summed E-state index contributed by atoms with van der Waals surface area (Å²) in [6.07, 6.45) is 0. The van der Waals surface area contributed by atoms with E-state index in [-0.39, 0.29) is 23.4 Å². The maximum absolute atomic E-state index is 12.7. The van der Waals surface area contributed by atoms with Gasteiger partial charge in [0.15, 0.2) is 0 Å². The number of benzene rings is 2. The topological polar surface area (TPSA) is 88.2 Å². The van der Waals surface area contributed by atoms with Gasteiger partial charge in [-0.15, -0.1) is 0 Å². The van der Waals surface area contributed by atoms with Crippen molar-refractivity contribution in [2.24, 2.45) is 0 Å². The summed E-state index contributed by atoms with van der Waals surface area (Å²) in [4.78, 5) is 14.9. The minimum absolute atomic E-state index is 0.0560. The number of hydrogen-bond donors (Lipinski definition) is 1. The summed E-state index contributed by atoms with van der Waals surface area (Å²) < 4.78 is 37.4. The Morgan fingerprint density at radius 2 is 1.88 bits per heavy atom. The number of carbonyl (C=O) groups is 1. The lowest BCUT2D eigenvalue weighted by Crippen LogP contribution is -2.40. The number of amides is 1. The molecular weight excluding hydrogens is 442 g/mol. The van der Waals surface area contributed by atoms with Gasteiger partial charge >= 0.3 is 0 Å². The molecule has 9 heteroatoms. The van der Waals surface area contributed by atoms with Crippen LogP contribution >= 0.6 is 0 Å². The molecule has 1 aliphatic heterocycles. The number of methoxy groups -OCH3 is 1. The second kappa shape index (κ2) is 11.6. The number of carbonyl (C=O) groups excluding carboxylic acids is 1. The first-order chi connectivity index (χ1) is 15.8. The number of nitrogens with zero attached hydrogens (tertiary/aromatic N) is 2. The van der Waals surface area contributed by atoms with Crippen LogP contribution < -0.4 is 10.1 Å². The fraction of sp³-hybridized carbons (Fsp3) is 0.458. The first kappa shape index (κ1) is 25.2. The molecule has 1 heterocycles. The van der Waals surface area contributed by atoms with Gasteiger partial charge in [0.05, 0.1) is 31.8 Å². The van der Waals surface area contributed by atoms with Crippen molar-refractivity contribution in [3.63, 3.8) is 0 Å². The second-order valence-electron chi connectivity index (χ2n) is 7.95. The van der Waals surface area contributed by atoms with Gasteiger partial charge in [0.25, 0.3) is 0 Å². The van der Waals surface area contributed by atoms with Gasteiger partial charge in [-0.25, -0.2) is 8.42 Å². The first-order valence-electron chi connectivity index (χ1n) is 11.2. The van der Waals surface area contributed by atoms with E-state index in [0.717, 1.165) is 23.4 Å². The van der Waals surface area contributed by atoms with Crippen LogP contribution in [-0.4, -0.2) is 70.0 Å². The third-order valence-electron chi connectivity index (χ3n) is 5.90. The number of likely N-dealkylation sites (N-methyl/N-ethyl adjacent to an activating group) is 1. The van der Waals surface area contributed by atoms with Gasteiger partial charge in [-0.2, -0.15) is 4.31 Å². The van der Waals surface area contributed by atoms with Gasteiger partial charge in [0.2, 0.25) is 15.9 Å². The average molecular weight is 476 g/mol. The van der Waals surface area contributed by atoms with Crippen molar-refractivity contribution in [3.8, 4) is 5.75 Å². The zero-order valence-electron chi connectivity index (χ0n) is 19.5. The SMILES string of the molecule is CCN(CC(=O)NCc1ccc(S(=O)(=O)N2CCOCC2)cc1)C(C)c1cccc(OC)c1. The van der Waals surface area contributed by atoms with Gasteiger partial charge in [-0.05, 0) is 48.9 Å². The molecule has 0 bridgehead atoms. The van der Waals surface area contributed by atoms with Crippen molar-refractivity contribution in [1.29, 1.82) is 0 Å². The highest BCUT2D eigenvalue weighted by atomic mass is 32.2. The molecule has 1 amide bonds. The molecule has 1 aliphatic rings. The van der Waals surface area contributed by atoms with Gasteiger partial charge < -0.3 is 14.8 Å². The Kier molecular flexibility index (Phi) is 8.85. The molecule has 8 nitrogen and oxygen atoms in total. The largest absolute Gasteiger partial charge is 0.497 e. The minimum Gasteiger partial charge on any atom is -0.497 e. The Hall–Kier alpha value is -2.46. The van der Waals surface area contributed by atoms with E-state index in [1.54, 1.807) is 31.4 Å². The fourth-order valence-corrected chi connectivity index (χ4v) is 5.20. The van der Waals surface area contributed by atoms with Crippen LogP contribution in [0, 0.1) is 0 Å². The van der Waals surface area contributed by atoms with E-state index < -0.39 is 10.0 Å². The Bertz CT molecular complexity index is 1020. The average Bonchev–Trinajstić information content (AvgIpc) is 2.86. The normalized spacial score (nSPS) is 15.9. The zero-order chi connectivity index (χ0) is 23.8. The maximum Gasteiger partial charge on any atom is 0.243 e. The highest BCUT2D eigenvalue weighted by molar-refractivity contribution is 7.89. The standard InChI is InChI=1S/C24H33N3O5S/c1-4-26(19(2)21-6-5-7-22(16-21)31-3)18-24(28)25-17-20-8-10-23(11-9-20)33(29,30)27-12-14-32-15-13-27/h5-11,16,19H,4,12-15,17-18H2,1-3H3,(H,25,28). The Morgan fingerprint density at radius 1 is 1.18 bits per heavy atom. The van der Waals surface area contributed by atoms with Gasteiger partial charge in [-0.3, -0.25) is 9.69 Å². The first-order valence-corrected chi connectivity index (χ1v) is 12.6. The lowest BCUT2D eigenvalue weighted by molar-refractivity contribution is -0.122. The Balaban J connectivity index is 1.55. The molecule has 1 atom stereocenters. The van der Waals surface area contributed by atoms with Crippen molar-refractivity contribution in [2.75, 3.05) is 46.5 Å². The number of morpholine rings is 1. The van der Waals surface area contributed by atoms with Crippen LogP contribution in [0.4, 0.5) is 0 Å². The molecule has 0 aromatic heterocycles. The summed E-state index contributed by atoms with van der Waals surface area (Å²) in [5, 5.41) is 2.93. The summed E-state index contributed by atoms with van der Waals surface area (Å²) in [6.45, 7) is 6.96. The molecule has 2 aromatic rings. The molecule has 1 saturated heterocycles. The van der Waals surface area contributed by atoms with Crippen LogP contribution in [0.2, 0.25) is 0 Å². The van der Waals surface area contributed by atoms with E-state index in [0.29, 0.717) is 32.8 Å². The smallest absolute Gasteiger partial charge is 0.243 e. The van der Waals surface area contributed by atoms with Gasteiger partial charge in [-0.1, -0.05) is 31.2 Å². The number of rotatable bonds is 10. The van der Waals surface area contributed by atoms with Crippen LogP contribution in [0.1, 0.15) is 31.0 Å². The molecule has 0 saturated carbocycles. The van der Waals surface area contributed by atoms with E-state index in [1.165, 1.54) is 4.31 Å². The zero-order valence-corrected chi connectivity index (χ0v) is 20.3. The predicted octanol–water partition coefficient (Wildman–Crippen LogP) is 2.42. The molecule has 1 N–H and O–H groups in total. The molecule has 1 fully saturated rings. The van der Waals surface area contributed by atoms with Crippen molar-refractivity contribution in [2.45, 2.75) is 31.3 Å². The van der Waals surface area contributed by atoms with Crippen LogP contribution in [0.5, 0.6) is 5.75 Å². The van der Waals surface area contributed by atoms with Crippen molar-refractivity contribution in [1.82, 2.24) is 14.5 Å². The highest BCUT2D eigenvalue weighted by Crippen LogP contribution is 2.23. The van der Waals surface area contributed by atoms with Gasteiger partial charge in [0, 0.05) is 25.7 Å². The molecule has 0 aliphatic carbocycles. The molecule has 2 aromatic carbocycles. The predicted molar refractivity (Wildman–Crippen MR) is 127 cm³/mol. The van der Waals surface area contributed by atoms with E-state index in [4.69, 9.17) is 9.47 Å². The summed E-state index contributed by atoms with van der Waals surface area (Å²) in [5.41, 5.74) is 1.93. The fourth-order valence-electron chi connectivity index (χ4n) is 3.79. The maximum atomic E-state index is 12.7. The van der Waals surface area contributed by atoms with E-state index in [9.17, 15) is 13.2 Å².